The first-order valence-electron chi connectivity index (χ1n) is 1.21. The summed E-state index contributed by atoms with van der Waals surface area (Å²) in [5, 5.41) is 1.94. The number of rotatable bonds is 0. The molecule has 0 saturated carbocycles. The van der Waals surface area contributed by atoms with Crippen LogP contribution in [0.4, 0.5) is 0 Å². The molecule has 1 heterocycles. The molecule has 1 aliphatic rings. The summed E-state index contributed by atoms with van der Waals surface area (Å²) in [5.74, 6) is 0. The lowest BCUT2D eigenvalue weighted by atomic mass is 11.2. The minimum absolute atomic E-state index is 0. The maximum Gasteiger partial charge on any atom is 0.137 e. The van der Waals surface area contributed by atoms with Crippen LogP contribution in [0.2, 0.25) is 0 Å². The summed E-state index contributed by atoms with van der Waals surface area (Å²) in [6, 6.07) is 0. The summed E-state index contributed by atoms with van der Waals surface area (Å²) in [6.07, 6.45) is 1.71. The van der Waals surface area contributed by atoms with E-state index in [1.807, 2.05) is 5.41 Å². The molecule has 1 aliphatic heterocycles. The summed E-state index contributed by atoms with van der Waals surface area (Å²) in [7, 11) is 0.614. The standard InChI is InChI=1S/C2H3OPS.N/c1-2-5-4-3-1;/h1-2,4H;. The molecule has 0 aromatic rings. The first-order chi connectivity index (χ1) is 2.50. The molecule has 0 aromatic carbocycles. The van der Waals surface area contributed by atoms with E-state index in [1.165, 1.54) is 0 Å². The van der Waals surface area contributed by atoms with Gasteiger partial charge in [0.05, 0.1) is 6.26 Å². The van der Waals surface area contributed by atoms with E-state index in [1.54, 1.807) is 17.6 Å². The molecule has 0 amide bonds. The van der Waals surface area contributed by atoms with E-state index in [-0.39, 0.29) is 6.15 Å². The molecule has 1 atom stereocenters. The zero-order valence-corrected chi connectivity index (χ0v) is 4.73. The first kappa shape index (κ1) is 6.28. The molecular weight excluding hydrogens is 117 g/mol. The Labute approximate surface area is 42.5 Å². The van der Waals surface area contributed by atoms with Gasteiger partial charge in [-0.25, -0.2) is 0 Å². The van der Waals surface area contributed by atoms with Crippen molar-refractivity contribution in [2.75, 3.05) is 0 Å². The minimum atomic E-state index is 0. The molecule has 4 heteroatoms. The van der Waals surface area contributed by atoms with E-state index < -0.39 is 0 Å². The SMILES string of the molecule is C1=CSPO1.[N]. The molecule has 3 radical (unpaired) electrons. The zero-order chi connectivity index (χ0) is 3.54. The maximum atomic E-state index is 4.75. The third kappa shape index (κ3) is 1.65. The van der Waals surface area contributed by atoms with Crippen molar-refractivity contribution in [3.05, 3.63) is 11.7 Å². The number of hydrogen-bond acceptors (Lipinski definition) is 2. The Balaban J connectivity index is 0.000000250. The molecule has 2 nitrogen and oxygen atoms in total. The first-order valence-corrected chi connectivity index (χ1v) is 3.73. The quantitative estimate of drug-likeness (QED) is 0.451. The second kappa shape index (κ2) is 3.47. The van der Waals surface area contributed by atoms with Crippen LogP contribution in [0, 0.1) is 0 Å². The fourth-order valence-corrected chi connectivity index (χ4v) is 1.25. The van der Waals surface area contributed by atoms with Gasteiger partial charge in [-0.05, 0) is 0 Å². The fourth-order valence-electron chi connectivity index (χ4n) is 0.139. The summed E-state index contributed by atoms with van der Waals surface area (Å²) in [4.78, 5) is 0. The monoisotopic (exact) mass is 120 g/mol. The Bertz CT molecular complexity index is 51.5. The molecule has 0 aliphatic carbocycles. The molecule has 0 aromatic heterocycles. The number of nitrogens with zero attached hydrogens (tertiary/aromatic N) is 1. The Morgan fingerprint density at radius 3 is 2.67 bits per heavy atom. The van der Waals surface area contributed by atoms with Gasteiger partial charge in [-0.2, -0.15) is 0 Å². The van der Waals surface area contributed by atoms with Gasteiger partial charge >= 0.3 is 0 Å². The minimum Gasteiger partial charge on any atom is -0.473 e. The van der Waals surface area contributed by atoms with Gasteiger partial charge in [0.15, 0.2) is 0 Å². The van der Waals surface area contributed by atoms with Crippen LogP contribution < -0.4 is 6.15 Å². The van der Waals surface area contributed by atoms with Gasteiger partial charge in [0.2, 0.25) is 0 Å². The van der Waals surface area contributed by atoms with Crippen LogP contribution in [0.15, 0.2) is 11.7 Å². The molecule has 0 spiro atoms. The molecule has 6 heavy (non-hydrogen) atoms. The van der Waals surface area contributed by atoms with Crippen molar-refractivity contribution in [1.29, 1.82) is 0 Å². The molecule has 0 fully saturated rings. The van der Waals surface area contributed by atoms with Crippen LogP contribution in [-0.2, 0) is 4.52 Å². The molecule has 0 N–H and O–H groups in total. The van der Waals surface area contributed by atoms with Crippen molar-refractivity contribution in [2.45, 2.75) is 0 Å². The third-order valence-electron chi connectivity index (χ3n) is 0.288. The van der Waals surface area contributed by atoms with Crippen molar-refractivity contribution >= 4 is 19.4 Å². The van der Waals surface area contributed by atoms with Crippen molar-refractivity contribution in [3.8, 4) is 0 Å². The summed E-state index contributed by atoms with van der Waals surface area (Å²) < 4.78 is 4.75. The van der Waals surface area contributed by atoms with Gasteiger partial charge in [0.25, 0.3) is 0 Å². The maximum absolute atomic E-state index is 4.75. The Morgan fingerprint density at radius 2 is 2.50 bits per heavy atom. The molecule has 0 bridgehead atoms. The van der Waals surface area contributed by atoms with E-state index in [9.17, 15) is 0 Å². The summed E-state index contributed by atoms with van der Waals surface area (Å²) >= 11 is 1.70. The van der Waals surface area contributed by atoms with Crippen LogP contribution in [0.1, 0.15) is 0 Å². The van der Waals surface area contributed by atoms with Crippen molar-refractivity contribution in [1.82, 2.24) is 6.15 Å². The van der Waals surface area contributed by atoms with Gasteiger partial charge in [0.1, 0.15) is 8.01 Å². The van der Waals surface area contributed by atoms with Crippen molar-refractivity contribution in [2.24, 2.45) is 0 Å². The summed E-state index contributed by atoms with van der Waals surface area (Å²) in [5.41, 5.74) is 0. The Hall–Kier alpha value is 0.280. The van der Waals surface area contributed by atoms with Gasteiger partial charge in [0, 0.05) is 11.6 Å². The molecular formula is C2H3NOPS. The average molecular weight is 120 g/mol. The fraction of sp³-hybridized carbons (Fsp3) is 0. The van der Waals surface area contributed by atoms with Gasteiger partial charge in [-0.3, -0.25) is 0 Å². The molecule has 0 saturated heterocycles. The molecule has 1 rings (SSSR count). The lowest BCUT2D eigenvalue weighted by Gasteiger charge is -1.77. The van der Waals surface area contributed by atoms with E-state index in [0.29, 0.717) is 8.01 Å². The Kier molecular flexibility index (Phi) is 3.63. The van der Waals surface area contributed by atoms with Crippen LogP contribution in [0.3, 0.4) is 0 Å². The zero-order valence-electron chi connectivity index (χ0n) is 2.92. The topological polar surface area (TPSA) is 39.7 Å². The van der Waals surface area contributed by atoms with Crippen LogP contribution in [0.5, 0.6) is 0 Å². The molecule has 1 unspecified atom stereocenters. The van der Waals surface area contributed by atoms with E-state index in [0.717, 1.165) is 0 Å². The highest BCUT2D eigenvalue weighted by Gasteiger charge is 1.85. The van der Waals surface area contributed by atoms with Gasteiger partial charge < -0.3 is 4.52 Å². The van der Waals surface area contributed by atoms with Crippen molar-refractivity contribution < 1.29 is 4.52 Å². The van der Waals surface area contributed by atoms with Crippen LogP contribution in [-0.4, -0.2) is 0 Å². The largest absolute Gasteiger partial charge is 0.473 e. The third-order valence-corrected chi connectivity index (χ3v) is 1.85. The second-order valence-corrected chi connectivity index (χ2v) is 2.71. The van der Waals surface area contributed by atoms with Gasteiger partial charge in [-0.15, -0.1) is 0 Å². The highest BCUT2D eigenvalue weighted by molar-refractivity contribution is 8.50. The smallest absolute Gasteiger partial charge is 0.137 e. The lowest BCUT2D eigenvalue weighted by molar-refractivity contribution is 0.567. The second-order valence-electron chi connectivity index (χ2n) is 0.591. The summed E-state index contributed by atoms with van der Waals surface area (Å²) in [6.45, 7) is 0. The van der Waals surface area contributed by atoms with E-state index in [4.69, 9.17) is 4.52 Å². The van der Waals surface area contributed by atoms with Crippen LogP contribution in [0.25, 0.3) is 0 Å². The van der Waals surface area contributed by atoms with E-state index in [2.05, 4.69) is 0 Å². The highest BCUT2D eigenvalue weighted by Crippen LogP contribution is 2.36. The predicted molar refractivity (Wildman–Crippen MR) is 28.3 cm³/mol. The van der Waals surface area contributed by atoms with Crippen LogP contribution >= 0.6 is 19.4 Å². The Morgan fingerprint density at radius 1 is 1.67 bits per heavy atom. The van der Waals surface area contributed by atoms with E-state index >= 15 is 0 Å². The average Bonchev–Trinajstić information content (AvgIpc) is 1.76. The lowest BCUT2D eigenvalue weighted by Crippen LogP contribution is -1.36. The molecule has 33 valence electrons. The van der Waals surface area contributed by atoms with Crippen molar-refractivity contribution in [3.63, 3.8) is 0 Å². The predicted octanol–water partition coefficient (Wildman–Crippen LogP) is 1.25. The normalized spacial score (nSPS) is 20.0. The van der Waals surface area contributed by atoms with Gasteiger partial charge in [-0.1, -0.05) is 11.4 Å². The highest BCUT2D eigenvalue weighted by atomic mass is 32.7. The number of hydrogen-bond donors (Lipinski definition) is 0.